The number of hydrogen-bond donors (Lipinski definition) is 1. The van der Waals surface area contributed by atoms with Crippen molar-refractivity contribution in [2.45, 2.75) is 20.4 Å². The number of nitrogens with one attached hydrogen (secondary N) is 1. The van der Waals surface area contributed by atoms with Crippen molar-refractivity contribution in [3.63, 3.8) is 0 Å². The molecule has 5 nitrogen and oxygen atoms in total. The monoisotopic (exact) mass is 270 g/mol. The van der Waals surface area contributed by atoms with Crippen molar-refractivity contribution in [1.82, 2.24) is 9.78 Å². The Hall–Kier alpha value is -2.48. The molecule has 20 heavy (non-hydrogen) atoms. The van der Waals surface area contributed by atoms with Crippen LogP contribution in [-0.2, 0) is 13.6 Å². The molecule has 1 aromatic heterocycles. The first kappa shape index (κ1) is 13.9. The maximum Gasteiger partial charge on any atom is 0.174 e. The molecule has 0 spiro atoms. The summed E-state index contributed by atoms with van der Waals surface area (Å²) in [5, 5.41) is 16.3. The third kappa shape index (κ3) is 3.09. The number of hydrogen-bond acceptors (Lipinski definition) is 4. The molecule has 0 amide bonds. The third-order valence-electron chi connectivity index (χ3n) is 3.18. The number of aromatic nitrogens is 2. The number of aryl methyl sites for hydroxylation is 2. The average Bonchev–Trinajstić information content (AvgIpc) is 2.68. The summed E-state index contributed by atoms with van der Waals surface area (Å²) in [5.41, 5.74) is 4.26. The lowest BCUT2D eigenvalue weighted by atomic mass is 10.2. The predicted molar refractivity (Wildman–Crippen MR) is 77.6 cm³/mol. The first-order chi connectivity index (χ1) is 9.61. The summed E-state index contributed by atoms with van der Waals surface area (Å²) in [6.07, 6.45) is 0. The van der Waals surface area contributed by atoms with Gasteiger partial charge in [-0.2, -0.15) is 10.4 Å². The lowest BCUT2D eigenvalue weighted by molar-refractivity contribution is 0.368. The zero-order chi connectivity index (χ0) is 14.5. The summed E-state index contributed by atoms with van der Waals surface area (Å²) in [5.74, 6) is 0.713. The van der Waals surface area contributed by atoms with Gasteiger partial charge in [-0.15, -0.1) is 0 Å². The van der Waals surface area contributed by atoms with E-state index in [1.165, 1.54) is 0 Å². The van der Waals surface area contributed by atoms with E-state index in [1.807, 2.05) is 55.9 Å². The van der Waals surface area contributed by atoms with E-state index in [2.05, 4.69) is 10.4 Å². The molecule has 5 heteroatoms. The molecule has 104 valence electrons. The van der Waals surface area contributed by atoms with Crippen LogP contribution in [0.3, 0.4) is 0 Å². The maximum atomic E-state index is 8.52. The number of nitriles is 1. The Morgan fingerprint density at radius 1 is 1.40 bits per heavy atom. The van der Waals surface area contributed by atoms with E-state index in [1.54, 1.807) is 0 Å². The largest absolute Gasteiger partial charge is 0.479 e. The summed E-state index contributed by atoms with van der Waals surface area (Å²) >= 11 is 0. The highest BCUT2D eigenvalue weighted by atomic mass is 16.5. The molecule has 2 rings (SSSR count). The van der Waals surface area contributed by atoms with E-state index in [-0.39, 0.29) is 6.61 Å². The second-order valence-corrected chi connectivity index (χ2v) is 4.62. The molecule has 1 aromatic carbocycles. The normalized spacial score (nSPS) is 10.1. The van der Waals surface area contributed by atoms with Crippen molar-refractivity contribution in [1.29, 1.82) is 5.26 Å². The second-order valence-electron chi connectivity index (χ2n) is 4.62. The molecule has 0 saturated heterocycles. The van der Waals surface area contributed by atoms with Crippen LogP contribution in [-0.4, -0.2) is 16.4 Å². The van der Waals surface area contributed by atoms with Gasteiger partial charge in [0.2, 0.25) is 0 Å². The van der Waals surface area contributed by atoms with Crippen molar-refractivity contribution in [3.8, 4) is 11.8 Å². The molecule has 1 N–H and O–H groups in total. The van der Waals surface area contributed by atoms with Crippen LogP contribution in [0.4, 0.5) is 5.69 Å². The zero-order valence-corrected chi connectivity index (χ0v) is 12.0. The minimum atomic E-state index is 0.0672. The Balaban J connectivity index is 2.05. The number of nitrogens with zero attached hydrogens (tertiary/aromatic N) is 3. The highest BCUT2D eigenvalue weighted by Crippen LogP contribution is 2.20. The van der Waals surface area contributed by atoms with Crippen molar-refractivity contribution in [2.75, 3.05) is 11.9 Å². The second kappa shape index (κ2) is 6.11. The van der Waals surface area contributed by atoms with Crippen LogP contribution in [0.25, 0.3) is 0 Å². The van der Waals surface area contributed by atoms with Crippen LogP contribution in [0.5, 0.6) is 5.75 Å². The van der Waals surface area contributed by atoms with Gasteiger partial charge in [0, 0.05) is 13.6 Å². The number of anilines is 1. The molecule has 0 unspecified atom stereocenters. The molecule has 0 atom stereocenters. The lowest BCUT2D eigenvalue weighted by Crippen LogP contribution is -2.02. The van der Waals surface area contributed by atoms with Gasteiger partial charge < -0.3 is 10.1 Å². The average molecular weight is 270 g/mol. The van der Waals surface area contributed by atoms with Crippen molar-refractivity contribution in [3.05, 3.63) is 41.2 Å². The SMILES string of the molecule is Cc1nn(C)c(C)c1NCc1cccc(OCC#N)c1. The minimum absolute atomic E-state index is 0.0672. The van der Waals surface area contributed by atoms with E-state index in [9.17, 15) is 0 Å². The van der Waals surface area contributed by atoms with Crippen LogP contribution >= 0.6 is 0 Å². The fourth-order valence-corrected chi connectivity index (χ4v) is 2.08. The zero-order valence-electron chi connectivity index (χ0n) is 12.0. The highest BCUT2D eigenvalue weighted by molar-refractivity contribution is 5.52. The molecule has 0 radical (unpaired) electrons. The molecule has 0 fully saturated rings. The summed E-state index contributed by atoms with van der Waals surface area (Å²) < 4.78 is 7.16. The first-order valence-electron chi connectivity index (χ1n) is 6.44. The fourth-order valence-electron chi connectivity index (χ4n) is 2.08. The standard InChI is InChI=1S/C15H18N4O/c1-11-15(12(2)19(3)18-11)17-10-13-5-4-6-14(9-13)20-8-7-16/h4-6,9,17H,8,10H2,1-3H3. The topological polar surface area (TPSA) is 62.9 Å². The number of ether oxygens (including phenoxy) is 1. The van der Waals surface area contributed by atoms with Gasteiger partial charge in [0.05, 0.1) is 17.1 Å². The predicted octanol–water partition coefficient (Wildman–Crippen LogP) is 2.55. The van der Waals surface area contributed by atoms with Crippen LogP contribution < -0.4 is 10.1 Å². The van der Waals surface area contributed by atoms with Crippen LogP contribution in [0.15, 0.2) is 24.3 Å². The fraction of sp³-hybridized carbons (Fsp3) is 0.333. The summed E-state index contributed by atoms with van der Waals surface area (Å²) in [7, 11) is 1.93. The Labute approximate surface area is 118 Å². The molecule has 2 aromatic rings. The maximum absolute atomic E-state index is 8.52. The van der Waals surface area contributed by atoms with Crippen molar-refractivity contribution >= 4 is 5.69 Å². The quantitative estimate of drug-likeness (QED) is 0.907. The molecule has 0 bridgehead atoms. The van der Waals surface area contributed by atoms with Crippen LogP contribution in [0.2, 0.25) is 0 Å². The van der Waals surface area contributed by atoms with Gasteiger partial charge in [-0.05, 0) is 31.5 Å². The molecular formula is C15H18N4O. The van der Waals surface area contributed by atoms with Gasteiger partial charge in [-0.1, -0.05) is 12.1 Å². The Bertz CT molecular complexity index is 640. The van der Waals surface area contributed by atoms with Crippen molar-refractivity contribution < 1.29 is 4.74 Å². The summed E-state index contributed by atoms with van der Waals surface area (Å²) in [4.78, 5) is 0. The van der Waals surface area contributed by atoms with E-state index in [4.69, 9.17) is 10.00 Å². The van der Waals surface area contributed by atoms with E-state index in [0.717, 1.165) is 22.6 Å². The van der Waals surface area contributed by atoms with Gasteiger partial charge in [0.25, 0.3) is 0 Å². The van der Waals surface area contributed by atoms with Gasteiger partial charge in [0.1, 0.15) is 11.8 Å². The molecule has 0 aliphatic rings. The molecule has 0 aliphatic carbocycles. The number of rotatable bonds is 5. The van der Waals surface area contributed by atoms with Gasteiger partial charge in [0.15, 0.2) is 6.61 Å². The smallest absolute Gasteiger partial charge is 0.174 e. The summed E-state index contributed by atoms with van der Waals surface area (Å²) in [6, 6.07) is 9.69. The highest BCUT2D eigenvalue weighted by Gasteiger charge is 2.08. The molecular weight excluding hydrogens is 252 g/mol. The molecule has 1 heterocycles. The molecule has 0 aliphatic heterocycles. The molecule has 0 saturated carbocycles. The lowest BCUT2D eigenvalue weighted by Gasteiger charge is -2.08. The van der Waals surface area contributed by atoms with Gasteiger partial charge >= 0.3 is 0 Å². The van der Waals surface area contributed by atoms with Crippen molar-refractivity contribution in [2.24, 2.45) is 7.05 Å². The summed E-state index contributed by atoms with van der Waals surface area (Å²) in [6.45, 7) is 4.78. The van der Waals surface area contributed by atoms with Gasteiger partial charge in [-0.3, -0.25) is 4.68 Å². The first-order valence-corrected chi connectivity index (χ1v) is 6.44. The Morgan fingerprint density at radius 3 is 2.85 bits per heavy atom. The van der Waals surface area contributed by atoms with Crippen LogP contribution in [0, 0.1) is 25.2 Å². The van der Waals surface area contributed by atoms with E-state index >= 15 is 0 Å². The Kier molecular flexibility index (Phi) is 4.26. The van der Waals surface area contributed by atoms with Crippen LogP contribution in [0.1, 0.15) is 17.0 Å². The van der Waals surface area contributed by atoms with E-state index < -0.39 is 0 Å². The van der Waals surface area contributed by atoms with E-state index in [0.29, 0.717) is 12.3 Å². The third-order valence-corrected chi connectivity index (χ3v) is 3.18. The Morgan fingerprint density at radius 2 is 2.20 bits per heavy atom. The number of benzene rings is 1. The minimum Gasteiger partial charge on any atom is -0.479 e. The van der Waals surface area contributed by atoms with Gasteiger partial charge in [-0.25, -0.2) is 0 Å².